The van der Waals surface area contributed by atoms with Crippen molar-refractivity contribution in [2.75, 3.05) is 14.2 Å². The first kappa shape index (κ1) is 16.9. The summed E-state index contributed by atoms with van der Waals surface area (Å²) in [6, 6.07) is 10.2. The number of hydrogen-bond donors (Lipinski definition) is 0. The molecule has 0 unspecified atom stereocenters. The first-order chi connectivity index (χ1) is 11.5. The Morgan fingerprint density at radius 2 is 1.88 bits per heavy atom. The maximum atomic E-state index is 11.8. The van der Waals surface area contributed by atoms with Crippen molar-refractivity contribution in [2.24, 2.45) is 5.16 Å². The van der Waals surface area contributed by atoms with Gasteiger partial charge in [-0.2, -0.15) is 0 Å². The third kappa shape index (κ3) is 4.07. The van der Waals surface area contributed by atoms with Crippen molar-refractivity contribution >= 4 is 17.9 Å². The van der Waals surface area contributed by atoms with Gasteiger partial charge in [0.1, 0.15) is 0 Å². The SMILES string of the molecule is COc1ccc(/C=N/OC(=O)c2cccc([N+](=O)[O-])c2)cc1OC. The van der Waals surface area contributed by atoms with Gasteiger partial charge in [-0.15, -0.1) is 0 Å². The van der Waals surface area contributed by atoms with Crippen LogP contribution in [0.15, 0.2) is 47.6 Å². The van der Waals surface area contributed by atoms with E-state index in [-0.39, 0.29) is 11.3 Å². The molecule has 0 amide bonds. The van der Waals surface area contributed by atoms with E-state index < -0.39 is 10.9 Å². The van der Waals surface area contributed by atoms with Crippen LogP contribution in [0, 0.1) is 10.1 Å². The number of oxime groups is 1. The molecule has 0 radical (unpaired) electrons. The lowest BCUT2D eigenvalue weighted by atomic mass is 10.2. The third-order valence-corrected chi connectivity index (χ3v) is 3.04. The Labute approximate surface area is 137 Å². The summed E-state index contributed by atoms with van der Waals surface area (Å²) >= 11 is 0. The van der Waals surface area contributed by atoms with Crippen LogP contribution in [0.1, 0.15) is 15.9 Å². The first-order valence-electron chi connectivity index (χ1n) is 6.76. The molecule has 24 heavy (non-hydrogen) atoms. The van der Waals surface area contributed by atoms with Crippen molar-refractivity contribution in [1.29, 1.82) is 0 Å². The molecule has 0 spiro atoms. The topological polar surface area (TPSA) is 100 Å². The zero-order valence-electron chi connectivity index (χ0n) is 13.0. The third-order valence-electron chi connectivity index (χ3n) is 3.04. The van der Waals surface area contributed by atoms with Crippen LogP contribution < -0.4 is 9.47 Å². The maximum absolute atomic E-state index is 11.8. The fourth-order valence-electron chi connectivity index (χ4n) is 1.87. The van der Waals surface area contributed by atoms with Gasteiger partial charge in [0, 0.05) is 17.7 Å². The monoisotopic (exact) mass is 330 g/mol. The van der Waals surface area contributed by atoms with Crippen LogP contribution >= 0.6 is 0 Å². The van der Waals surface area contributed by atoms with Crippen molar-refractivity contribution < 1.29 is 24.0 Å². The molecule has 0 saturated heterocycles. The predicted octanol–water partition coefficient (Wildman–Crippen LogP) is 2.80. The van der Waals surface area contributed by atoms with Crippen LogP contribution in [0.2, 0.25) is 0 Å². The largest absolute Gasteiger partial charge is 0.493 e. The second-order valence-corrected chi connectivity index (χ2v) is 4.54. The van der Waals surface area contributed by atoms with E-state index in [0.717, 1.165) is 6.07 Å². The highest BCUT2D eigenvalue weighted by Crippen LogP contribution is 2.26. The predicted molar refractivity (Wildman–Crippen MR) is 85.7 cm³/mol. The molecule has 8 nitrogen and oxygen atoms in total. The molecule has 0 atom stereocenters. The van der Waals surface area contributed by atoms with E-state index in [4.69, 9.17) is 14.3 Å². The van der Waals surface area contributed by atoms with Gasteiger partial charge >= 0.3 is 5.97 Å². The average Bonchev–Trinajstić information content (AvgIpc) is 2.61. The molecule has 0 aliphatic carbocycles. The Kier molecular flexibility index (Phi) is 5.45. The molecular formula is C16H14N2O6. The summed E-state index contributed by atoms with van der Waals surface area (Å²) in [5.41, 5.74) is 0.460. The number of nitro groups is 1. The minimum atomic E-state index is -0.796. The zero-order chi connectivity index (χ0) is 17.5. The van der Waals surface area contributed by atoms with Crippen molar-refractivity contribution in [1.82, 2.24) is 0 Å². The Balaban J connectivity index is 2.07. The zero-order valence-corrected chi connectivity index (χ0v) is 13.0. The van der Waals surface area contributed by atoms with Crippen LogP contribution in [-0.2, 0) is 4.84 Å². The van der Waals surface area contributed by atoms with Crippen molar-refractivity contribution in [3.8, 4) is 11.5 Å². The molecule has 0 aliphatic rings. The summed E-state index contributed by atoms with van der Waals surface area (Å²) in [7, 11) is 3.02. The number of nitro benzene ring substituents is 1. The Bertz CT molecular complexity index is 788. The Morgan fingerprint density at radius 1 is 1.12 bits per heavy atom. The van der Waals surface area contributed by atoms with E-state index in [2.05, 4.69) is 5.16 Å². The quantitative estimate of drug-likeness (QED) is 0.349. The minimum absolute atomic E-state index is 0.0358. The van der Waals surface area contributed by atoms with E-state index in [0.29, 0.717) is 17.1 Å². The van der Waals surface area contributed by atoms with Crippen molar-refractivity contribution in [3.05, 3.63) is 63.7 Å². The molecular weight excluding hydrogens is 316 g/mol. The second-order valence-electron chi connectivity index (χ2n) is 4.54. The number of non-ortho nitro benzene ring substituents is 1. The molecule has 2 aromatic carbocycles. The van der Waals surface area contributed by atoms with Gasteiger partial charge in [0.25, 0.3) is 5.69 Å². The lowest BCUT2D eigenvalue weighted by Crippen LogP contribution is -2.02. The van der Waals surface area contributed by atoms with Crippen LogP contribution in [-0.4, -0.2) is 31.3 Å². The molecule has 0 aliphatic heterocycles. The lowest BCUT2D eigenvalue weighted by Gasteiger charge is -2.07. The Hall–Kier alpha value is -3.42. The van der Waals surface area contributed by atoms with Crippen LogP contribution in [0.4, 0.5) is 5.69 Å². The summed E-state index contributed by atoms with van der Waals surface area (Å²) in [5, 5.41) is 14.3. The molecule has 0 bridgehead atoms. The highest BCUT2D eigenvalue weighted by Gasteiger charge is 2.12. The van der Waals surface area contributed by atoms with Gasteiger partial charge in [-0.25, -0.2) is 4.79 Å². The molecule has 0 heterocycles. The molecule has 2 rings (SSSR count). The van der Waals surface area contributed by atoms with Gasteiger partial charge in [0.2, 0.25) is 0 Å². The maximum Gasteiger partial charge on any atom is 0.365 e. The second kappa shape index (κ2) is 7.73. The van der Waals surface area contributed by atoms with Crippen LogP contribution in [0.25, 0.3) is 0 Å². The van der Waals surface area contributed by atoms with E-state index >= 15 is 0 Å². The lowest BCUT2D eigenvalue weighted by molar-refractivity contribution is -0.384. The molecule has 0 fully saturated rings. The molecule has 0 N–H and O–H groups in total. The molecule has 0 aromatic heterocycles. The molecule has 0 saturated carbocycles. The molecule has 8 heteroatoms. The van der Waals surface area contributed by atoms with Gasteiger partial charge < -0.3 is 14.3 Å². The average molecular weight is 330 g/mol. The standard InChI is InChI=1S/C16H14N2O6/c1-22-14-7-6-11(8-15(14)23-2)10-17-24-16(19)12-4-3-5-13(9-12)18(20)21/h3-10H,1-2H3/b17-10+. The fourth-order valence-corrected chi connectivity index (χ4v) is 1.87. The van der Waals surface area contributed by atoms with Gasteiger partial charge in [0.15, 0.2) is 11.5 Å². The van der Waals surface area contributed by atoms with Gasteiger partial charge in [-0.05, 0) is 24.3 Å². The normalized spacial score (nSPS) is 10.4. The van der Waals surface area contributed by atoms with Crippen LogP contribution in [0.5, 0.6) is 11.5 Å². The summed E-state index contributed by atoms with van der Waals surface area (Å²) in [5.74, 6) is 0.269. The van der Waals surface area contributed by atoms with E-state index in [1.54, 1.807) is 18.2 Å². The first-order valence-corrected chi connectivity index (χ1v) is 6.76. The summed E-state index contributed by atoms with van der Waals surface area (Å²) in [6.45, 7) is 0. The Morgan fingerprint density at radius 3 is 2.54 bits per heavy atom. The van der Waals surface area contributed by atoms with Crippen LogP contribution in [0.3, 0.4) is 0 Å². The number of nitrogens with zero attached hydrogens (tertiary/aromatic N) is 2. The highest BCUT2D eigenvalue weighted by atomic mass is 16.7. The summed E-state index contributed by atoms with van der Waals surface area (Å²) < 4.78 is 10.3. The minimum Gasteiger partial charge on any atom is -0.493 e. The molecule has 124 valence electrons. The summed E-state index contributed by atoms with van der Waals surface area (Å²) in [6.07, 6.45) is 1.32. The van der Waals surface area contributed by atoms with E-state index in [9.17, 15) is 14.9 Å². The number of carbonyl (C=O) groups excluding carboxylic acids is 1. The van der Waals surface area contributed by atoms with E-state index in [1.807, 2.05) is 0 Å². The highest BCUT2D eigenvalue weighted by molar-refractivity contribution is 5.90. The number of benzene rings is 2. The van der Waals surface area contributed by atoms with Gasteiger partial charge in [-0.1, -0.05) is 11.2 Å². The number of carbonyl (C=O) groups is 1. The summed E-state index contributed by atoms with van der Waals surface area (Å²) in [4.78, 5) is 26.7. The van der Waals surface area contributed by atoms with E-state index in [1.165, 1.54) is 38.6 Å². The number of rotatable bonds is 6. The van der Waals surface area contributed by atoms with Crippen molar-refractivity contribution in [2.45, 2.75) is 0 Å². The smallest absolute Gasteiger partial charge is 0.365 e. The van der Waals surface area contributed by atoms with Gasteiger partial charge in [-0.3, -0.25) is 10.1 Å². The number of hydrogen-bond acceptors (Lipinski definition) is 7. The number of methoxy groups -OCH3 is 2. The number of ether oxygens (including phenoxy) is 2. The van der Waals surface area contributed by atoms with Gasteiger partial charge in [0.05, 0.1) is 30.9 Å². The van der Waals surface area contributed by atoms with Crippen molar-refractivity contribution in [3.63, 3.8) is 0 Å². The fraction of sp³-hybridized carbons (Fsp3) is 0.125. The molecule has 2 aromatic rings.